The number of hydrogen-bond donors (Lipinski definition) is 0. The van der Waals surface area contributed by atoms with Gasteiger partial charge in [-0.15, -0.1) is 0 Å². The Bertz CT molecular complexity index is 460. The van der Waals surface area contributed by atoms with Gasteiger partial charge >= 0.3 is 0 Å². The Labute approximate surface area is 92.4 Å². The molecule has 0 radical (unpaired) electrons. The van der Waals surface area contributed by atoms with Crippen LogP contribution in [0.4, 0.5) is 5.95 Å². The number of halogens is 1. The van der Waals surface area contributed by atoms with Crippen molar-refractivity contribution in [2.75, 3.05) is 11.5 Å². The summed E-state index contributed by atoms with van der Waals surface area (Å²) < 4.78 is 22.2. The second-order valence-electron chi connectivity index (χ2n) is 2.57. The Balaban J connectivity index is 2.67. The lowest BCUT2D eigenvalue weighted by molar-refractivity contribution is 0.601. The summed E-state index contributed by atoms with van der Waals surface area (Å²) in [5.74, 6) is 0.0466. The highest BCUT2D eigenvalue weighted by atomic mass is 35.5. The average Bonchev–Trinajstić information content (AvgIpc) is 2.18. The van der Waals surface area contributed by atoms with Gasteiger partial charge in [0, 0.05) is 12.0 Å². The number of aliphatic imine (C=N–C) groups is 1. The van der Waals surface area contributed by atoms with Crippen molar-refractivity contribution < 1.29 is 8.42 Å². The first-order valence-corrected chi connectivity index (χ1v) is 6.31. The fourth-order valence-electron chi connectivity index (χ4n) is 0.681. The Morgan fingerprint density at radius 2 is 2.27 bits per heavy atom. The first-order chi connectivity index (χ1) is 7.03. The van der Waals surface area contributed by atoms with Crippen molar-refractivity contribution in [2.45, 2.75) is 6.92 Å². The fraction of sp³-hybridized carbons (Fsp3) is 0.429. The van der Waals surface area contributed by atoms with E-state index in [1.165, 1.54) is 12.5 Å². The van der Waals surface area contributed by atoms with Crippen molar-refractivity contribution in [1.29, 1.82) is 0 Å². The first kappa shape index (κ1) is 12.0. The van der Waals surface area contributed by atoms with E-state index in [0.29, 0.717) is 0 Å². The van der Waals surface area contributed by atoms with Crippen LogP contribution in [0.2, 0.25) is 5.28 Å². The van der Waals surface area contributed by atoms with Gasteiger partial charge in [-0.25, -0.2) is 18.4 Å². The van der Waals surface area contributed by atoms with E-state index in [1.54, 1.807) is 6.92 Å². The molecule has 0 aliphatic rings. The van der Waals surface area contributed by atoms with Crippen LogP contribution in [-0.4, -0.2) is 41.1 Å². The zero-order valence-corrected chi connectivity index (χ0v) is 9.53. The molecule has 0 unspecified atom stereocenters. The molecule has 0 saturated heterocycles. The van der Waals surface area contributed by atoms with Gasteiger partial charge in [0.2, 0.25) is 5.28 Å². The van der Waals surface area contributed by atoms with E-state index >= 15 is 0 Å². The maximum Gasteiger partial charge on any atom is 0.253 e. The van der Waals surface area contributed by atoms with E-state index < -0.39 is 9.84 Å². The van der Waals surface area contributed by atoms with Gasteiger partial charge in [0.1, 0.15) is 6.33 Å². The summed E-state index contributed by atoms with van der Waals surface area (Å²) in [4.78, 5) is 14.7. The van der Waals surface area contributed by atoms with Crippen LogP contribution >= 0.6 is 11.6 Å². The van der Waals surface area contributed by atoms with E-state index in [9.17, 15) is 8.42 Å². The lowest BCUT2D eigenvalue weighted by Crippen LogP contribution is -2.09. The summed E-state index contributed by atoms with van der Waals surface area (Å²) in [6.07, 6.45) is 2.45. The van der Waals surface area contributed by atoms with Crippen LogP contribution in [0, 0.1) is 0 Å². The van der Waals surface area contributed by atoms with Crippen molar-refractivity contribution >= 4 is 33.6 Å². The summed E-state index contributed by atoms with van der Waals surface area (Å²) >= 11 is 5.49. The zero-order valence-electron chi connectivity index (χ0n) is 7.96. The standard InChI is InChI=1S/C7H9ClN4O2S/c1-2-15(13,14)4-3-9-7-11-5-10-6(8)12-7/h3,5H,2,4H2,1H3. The molecule has 0 spiro atoms. The number of sulfone groups is 1. The van der Waals surface area contributed by atoms with Crippen LogP contribution < -0.4 is 0 Å². The summed E-state index contributed by atoms with van der Waals surface area (Å²) in [6, 6.07) is 0. The number of nitrogens with zero attached hydrogens (tertiary/aromatic N) is 4. The molecule has 82 valence electrons. The minimum Gasteiger partial charge on any atom is -0.228 e. The van der Waals surface area contributed by atoms with E-state index in [2.05, 4.69) is 19.9 Å². The van der Waals surface area contributed by atoms with Crippen LogP contribution in [0.15, 0.2) is 11.3 Å². The predicted octanol–water partition coefficient (Wildman–Crippen LogP) is 0.662. The molecular weight excluding hydrogens is 240 g/mol. The minimum atomic E-state index is -3.05. The highest BCUT2D eigenvalue weighted by molar-refractivity contribution is 7.91. The van der Waals surface area contributed by atoms with Gasteiger partial charge in [0.15, 0.2) is 9.84 Å². The van der Waals surface area contributed by atoms with Gasteiger partial charge in [0.25, 0.3) is 5.95 Å². The van der Waals surface area contributed by atoms with Gasteiger partial charge in [-0.05, 0) is 11.6 Å². The monoisotopic (exact) mass is 248 g/mol. The average molecular weight is 249 g/mol. The number of aromatic nitrogens is 3. The molecule has 0 aliphatic carbocycles. The van der Waals surface area contributed by atoms with E-state index in [0.717, 1.165) is 0 Å². The summed E-state index contributed by atoms with van der Waals surface area (Å²) in [5.41, 5.74) is 0. The topological polar surface area (TPSA) is 85.2 Å². The molecule has 1 aromatic heterocycles. The van der Waals surface area contributed by atoms with E-state index in [1.807, 2.05) is 0 Å². The normalized spacial score (nSPS) is 12.1. The SMILES string of the molecule is CCS(=O)(=O)CC=Nc1ncnc(Cl)n1. The van der Waals surface area contributed by atoms with Crippen molar-refractivity contribution in [3.63, 3.8) is 0 Å². The van der Waals surface area contributed by atoms with Crippen LogP contribution in [0.5, 0.6) is 0 Å². The van der Waals surface area contributed by atoms with Crippen LogP contribution in [0.25, 0.3) is 0 Å². The Morgan fingerprint density at radius 1 is 1.53 bits per heavy atom. The highest BCUT2D eigenvalue weighted by Crippen LogP contribution is 2.04. The van der Waals surface area contributed by atoms with Crippen molar-refractivity contribution in [3.8, 4) is 0 Å². The molecule has 1 rings (SSSR count). The molecule has 0 fully saturated rings. The van der Waals surface area contributed by atoms with Gasteiger partial charge in [0.05, 0.1) is 5.75 Å². The fourth-order valence-corrected chi connectivity index (χ4v) is 1.34. The molecule has 0 bridgehead atoms. The molecule has 1 heterocycles. The highest BCUT2D eigenvalue weighted by Gasteiger charge is 2.04. The smallest absolute Gasteiger partial charge is 0.228 e. The summed E-state index contributed by atoms with van der Waals surface area (Å²) in [6.45, 7) is 1.57. The third kappa shape index (κ3) is 4.30. The van der Waals surface area contributed by atoms with Crippen molar-refractivity contribution in [1.82, 2.24) is 15.0 Å². The molecule has 0 aliphatic heterocycles. The Kier molecular flexibility index (Phi) is 4.10. The number of rotatable bonds is 4. The zero-order chi connectivity index (χ0) is 11.3. The van der Waals surface area contributed by atoms with Crippen molar-refractivity contribution in [3.05, 3.63) is 11.6 Å². The summed E-state index contributed by atoms with van der Waals surface area (Å²) in [5, 5.41) is 0.0236. The van der Waals surface area contributed by atoms with Crippen molar-refractivity contribution in [2.24, 2.45) is 4.99 Å². The maximum atomic E-state index is 11.1. The van der Waals surface area contributed by atoms with Gasteiger partial charge in [-0.2, -0.15) is 9.97 Å². The van der Waals surface area contributed by atoms with E-state index in [4.69, 9.17) is 11.6 Å². The minimum absolute atomic E-state index is 0.0236. The quantitative estimate of drug-likeness (QED) is 0.731. The van der Waals surface area contributed by atoms with Gasteiger partial charge < -0.3 is 0 Å². The van der Waals surface area contributed by atoms with Gasteiger partial charge in [-0.1, -0.05) is 6.92 Å². The maximum absolute atomic E-state index is 11.1. The van der Waals surface area contributed by atoms with E-state index in [-0.39, 0.29) is 22.7 Å². The first-order valence-electron chi connectivity index (χ1n) is 4.11. The molecule has 1 aromatic rings. The molecule has 15 heavy (non-hydrogen) atoms. The molecule has 0 N–H and O–H groups in total. The Hall–Kier alpha value is -1.08. The van der Waals surface area contributed by atoms with Gasteiger partial charge in [-0.3, -0.25) is 0 Å². The molecular formula is C7H9ClN4O2S. The predicted molar refractivity (Wildman–Crippen MR) is 57.3 cm³/mol. The second kappa shape index (κ2) is 5.13. The lowest BCUT2D eigenvalue weighted by Gasteiger charge is -1.94. The third-order valence-corrected chi connectivity index (χ3v) is 3.22. The lowest BCUT2D eigenvalue weighted by atomic mass is 10.8. The van der Waals surface area contributed by atoms with Crippen LogP contribution in [-0.2, 0) is 9.84 Å². The third-order valence-electron chi connectivity index (χ3n) is 1.50. The van der Waals surface area contributed by atoms with Crippen LogP contribution in [0.1, 0.15) is 6.92 Å². The molecule has 8 heteroatoms. The molecule has 6 nitrogen and oxygen atoms in total. The molecule has 0 saturated carbocycles. The summed E-state index contributed by atoms with van der Waals surface area (Å²) in [7, 11) is -3.05. The second-order valence-corrected chi connectivity index (χ2v) is 5.30. The largest absolute Gasteiger partial charge is 0.253 e. The molecule has 0 atom stereocenters. The Morgan fingerprint density at radius 3 is 2.87 bits per heavy atom. The number of hydrogen-bond acceptors (Lipinski definition) is 6. The molecule has 0 amide bonds. The van der Waals surface area contributed by atoms with Crippen LogP contribution in [0.3, 0.4) is 0 Å². The molecule has 0 aromatic carbocycles.